The Morgan fingerprint density at radius 2 is 2.40 bits per heavy atom. The molecule has 6 nitrogen and oxygen atoms in total. The van der Waals surface area contributed by atoms with Gasteiger partial charge in [-0.1, -0.05) is 0 Å². The fraction of sp³-hybridized carbons (Fsp3) is 0.222. The van der Waals surface area contributed by atoms with Crippen molar-refractivity contribution in [2.45, 2.75) is 0 Å². The topological polar surface area (TPSA) is 68.5 Å². The van der Waals surface area contributed by atoms with Crippen LogP contribution in [0.15, 0.2) is 18.5 Å². The first-order chi connectivity index (χ1) is 7.27. The molecular formula is C9H10N4O2. The van der Waals surface area contributed by atoms with E-state index in [1.807, 2.05) is 0 Å². The SMILES string of the molecule is CNc1nn2cccnc2c1C(=O)OC. The predicted octanol–water partition coefficient (Wildman–Crippen LogP) is 0.558. The van der Waals surface area contributed by atoms with Gasteiger partial charge in [-0.05, 0) is 6.07 Å². The maximum Gasteiger partial charge on any atom is 0.345 e. The van der Waals surface area contributed by atoms with Crippen LogP contribution in [0, 0.1) is 0 Å². The lowest BCUT2D eigenvalue weighted by Gasteiger charge is -1.98. The standard InChI is InChI=1S/C9H10N4O2/c1-10-7-6(9(14)15-2)8-11-4-3-5-13(8)12-7/h3-5H,1-2H3,(H,10,12). The number of fused-ring (bicyclic) bond motifs is 1. The van der Waals surface area contributed by atoms with Crippen LogP contribution in [0.25, 0.3) is 5.65 Å². The van der Waals surface area contributed by atoms with Gasteiger partial charge in [-0.2, -0.15) is 0 Å². The maximum atomic E-state index is 11.5. The molecule has 0 unspecified atom stereocenters. The molecule has 0 radical (unpaired) electrons. The van der Waals surface area contributed by atoms with Crippen molar-refractivity contribution in [3.8, 4) is 0 Å². The highest BCUT2D eigenvalue weighted by Gasteiger charge is 2.20. The summed E-state index contributed by atoms with van der Waals surface area (Å²) in [5.74, 6) is 0.00796. The van der Waals surface area contributed by atoms with E-state index < -0.39 is 5.97 Å². The van der Waals surface area contributed by atoms with Crippen molar-refractivity contribution in [1.82, 2.24) is 14.6 Å². The minimum absolute atomic E-state index is 0.348. The molecule has 2 aromatic rings. The molecule has 0 amide bonds. The lowest BCUT2D eigenvalue weighted by atomic mass is 10.3. The summed E-state index contributed by atoms with van der Waals surface area (Å²) in [5.41, 5.74) is 0.828. The lowest BCUT2D eigenvalue weighted by molar-refractivity contribution is 0.0604. The van der Waals surface area contributed by atoms with Gasteiger partial charge in [-0.3, -0.25) is 0 Å². The van der Waals surface area contributed by atoms with Crippen LogP contribution >= 0.6 is 0 Å². The zero-order valence-electron chi connectivity index (χ0n) is 8.39. The second-order valence-electron chi connectivity index (χ2n) is 2.85. The number of nitrogens with zero attached hydrogens (tertiary/aromatic N) is 3. The van der Waals surface area contributed by atoms with E-state index >= 15 is 0 Å². The molecule has 0 saturated heterocycles. The van der Waals surface area contributed by atoms with Crippen LogP contribution in [0.4, 0.5) is 5.82 Å². The highest BCUT2D eigenvalue weighted by atomic mass is 16.5. The van der Waals surface area contributed by atoms with Gasteiger partial charge in [0.1, 0.15) is 5.56 Å². The molecule has 0 aliphatic carbocycles. The summed E-state index contributed by atoms with van der Waals surface area (Å²) in [5, 5.41) is 6.97. The average Bonchev–Trinajstić information content (AvgIpc) is 2.66. The van der Waals surface area contributed by atoms with Crippen molar-refractivity contribution >= 4 is 17.4 Å². The number of carbonyl (C=O) groups excluding carboxylic acids is 1. The van der Waals surface area contributed by atoms with E-state index in [0.717, 1.165) is 0 Å². The largest absolute Gasteiger partial charge is 0.465 e. The van der Waals surface area contributed by atoms with Gasteiger partial charge in [-0.25, -0.2) is 14.3 Å². The van der Waals surface area contributed by atoms with Gasteiger partial charge >= 0.3 is 5.97 Å². The fourth-order valence-corrected chi connectivity index (χ4v) is 1.35. The number of nitrogens with one attached hydrogen (secondary N) is 1. The number of hydrogen-bond acceptors (Lipinski definition) is 5. The van der Waals surface area contributed by atoms with Crippen molar-refractivity contribution in [3.05, 3.63) is 24.0 Å². The summed E-state index contributed by atoms with van der Waals surface area (Å²) in [6, 6.07) is 1.74. The third kappa shape index (κ3) is 1.39. The Labute approximate surface area is 85.9 Å². The van der Waals surface area contributed by atoms with E-state index in [1.165, 1.54) is 11.6 Å². The zero-order valence-corrected chi connectivity index (χ0v) is 8.39. The third-order valence-corrected chi connectivity index (χ3v) is 2.02. The van der Waals surface area contributed by atoms with E-state index in [9.17, 15) is 4.79 Å². The average molecular weight is 206 g/mol. The summed E-state index contributed by atoms with van der Waals surface area (Å²) >= 11 is 0. The van der Waals surface area contributed by atoms with Gasteiger partial charge in [0, 0.05) is 19.4 Å². The summed E-state index contributed by atoms with van der Waals surface area (Å²) in [7, 11) is 3.02. The Hall–Kier alpha value is -2.11. The Bertz CT molecular complexity index is 506. The molecule has 2 heterocycles. The lowest BCUT2D eigenvalue weighted by Crippen LogP contribution is -2.04. The van der Waals surface area contributed by atoms with Crippen LogP contribution in [-0.2, 0) is 4.74 Å². The van der Waals surface area contributed by atoms with Crippen molar-refractivity contribution in [3.63, 3.8) is 0 Å². The third-order valence-electron chi connectivity index (χ3n) is 2.02. The second-order valence-corrected chi connectivity index (χ2v) is 2.85. The van der Waals surface area contributed by atoms with E-state index in [0.29, 0.717) is 17.0 Å². The summed E-state index contributed by atoms with van der Waals surface area (Å²) in [4.78, 5) is 15.6. The normalized spacial score (nSPS) is 10.3. The van der Waals surface area contributed by atoms with Crippen molar-refractivity contribution in [1.29, 1.82) is 0 Å². The van der Waals surface area contributed by atoms with Gasteiger partial charge in [0.25, 0.3) is 0 Å². The fourth-order valence-electron chi connectivity index (χ4n) is 1.35. The molecule has 2 rings (SSSR count). The predicted molar refractivity (Wildman–Crippen MR) is 53.9 cm³/mol. The van der Waals surface area contributed by atoms with Gasteiger partial charge < -0.3 is 10.1 Å². The number of esters is 1. The van der Waals surface area contributed by atoms with Crippen LogP contribution in [0.5, 0.6) is 0 Å². The Morgan fingerprint density at radius 3 is 3.07 bits per heavy atom. The number of ether oxygens (including phenoxy) is 1. The Balaban J connectivity index is 2.72. The molecule has 0 aliphatic heterocycles. The molecular weight excluding hydrogens is 196 g/mol. The number of methoxy groups -OCH3 is 1. The molecule has 78 valence electrons. The molecule has 0 aliphatic rings. The first-order valence-electron chi connectivity index (χ1n) is 4.37. The molecule has 15 heavy (non-hydrogen) atoms. The van der Waals surface area contributed by atoms with E-state index in [1.54, 1.807) is 25.5 Å². The smallest absolute Gasteiger partial charge is 0.345 e. The maximum absolute atomic E-state index is 11.5. The molecule has 2 aromatic heterocycles. The number of anilines is 1. The number of rotatable bonds is 2. The van der Waals surface area contributed by atoms with Crippen LogP contribution in [-0.4, -0.2) is 34.7 Å². The van der Waals surface area contributed by atoms with Crippen LogP contribution in [0.2, 0.25) is 0 Å². The minimum Gasteiger partial charge on any atom is -0.465 e. The van der Waals surface area contributed by atoms with Gasteiger partial charge in [-0.15, -0.1) is 5.10 Å². The molecule has 0 bridgehead atoms. The number of aromatic nitrogens is 3. The van der Waals surface area contributed by atoms with Gasteiger partial charge in [0.2, 0.25) is 0 Å². The molecule has 0 fully saturated rings. The summed E-state index contributed by atoms with van der Waals surface area (Å²) < 4.78 is 6.20. The number of carbonyl (C=O) groups is 1. The molecule has 0 saturated carbocycles. The molecule has 0 aromatic carbocycles. The van der Waals surface area contributed by atoms with Crippen LogP contribution < -0.4 is 5.32 Å². The first-order valence-corrected chi connectivity index (χ1v) is 4.37. The van der Waals surface area contributed by atoms with Crippen LogP contribution in [0.3, 0.4) is 0 Å². The zero-order chi connectivity index (χ0) is 10.8. The molecule has 6 heteroatoms. The van der Waals surface area contributed by atoms with E-state index in [4.69, 9.17) is 0 Å². The van der Waals surface area contributed by atoms with E-state index in [-0.39, 0.29) is 0 Å². The Morgan fingerprint density at radius 1 is 1.60 bits per heavy atom. The summed E-state index contributed by atoms with van der Waals surface area (Å²) in [6.45, 7) is 0. The number of hydrogen-bond donors (Lipinski definition) is 1. The minimum atomic E-state index is -0.451. The van der Waals surface area contributed by atoms with Crippen molar-refractivity contribution in [2.24, 2.45) is 0 Å². The first kappa shape index (κ1) is 9.45. The van der Waals surface area contributed by atoms with Gasteiger partial charge in [0.05, 0.1) is 7.11 Å². The van der Waals surface area contributed by atoms with E-state index in [2.05, 4.69) is 20.1 Å². The van der Waals surface area contributed by atoms with Gasteiger partial charge in [0.15, 0.2) is 11.5 Å². The highest BCUT2D eigenvalue weighted by molar-refractivity contribution is 6.01. The van der Waals surface area contributed by atoms with Crippen molar-refractivity contribution in [2.75, 3.05) is 19.5 Å². The molecule has 0 atom stereocenters. The highest BCUT2D eigenvalue weighted by Crippen LogP contribution is 2.18. The monoisotopic (exact) mass is 206 g/mol. The summed E-state index contributed by atoms with van der Waals surface area (Å²) in [6.07, 6.45) is 3.32. The second kappa shape index (κ2) is 3.56. The van der Waals surface area contributed by atoms with Crippen molar-refractivity contribution < 1.29 is 9.53 Å². The van der Waals surface area contributed by atoms with Crippen LogP contribution in [0.1, 0.15) is 10.4 Å². The molecule has 0 spiro atoms. The quantitative estimate of drug-likeness (QED) is 0.727. The Kier molecular flexibility index (Phi) is 2.24. The molecule has 1 N–H and O–H groups in total.